The van der Waals surface area contributed by atoms with Gasteiger partial charge in [-0.2, -0.15) is 0 Å². The predicted octanol–water partition coefficient (Wildman–Crippen LogP) is 4.54. The zero-order valence-electron chi connectivity index (χ0n) is 12.4. The second kappa shape index (κ2) is 4.48. The first-order valence-corrected chi connectivity index (χ1v) is 8.89. The lowest BCUT2D eigenvalue weighted by Gasteiger charge is -2.40. The number of aromatic amines is 1. The average Bonchev–Trinajstić information content (AvgIpc) is 3.14. The highest BCUT2D eigenvalue weighted by Crippen LogP contribution is 2.48. The summed E-state index contributed by atoms with van der Waals surface area (Å²) in [5.74, 6) is 1.27. The predicted molar refractivity (Wildman–Crippen MR) is 91.2 cm³/mol. The lowest BCUT2D eigenvalue weighted by atomic mass is 9.68. The van der Waals surface area contributed by atoms with Crippen molar-refractivity contribution in [2.24, 2.45) is 0 Å². The number of benzene rings is 1. The van der Waals surface area contributed by atoms with Gasteiger partial charge in [-0.1, -0.05) is 15.9 Å². The normalized spacial score (nSPS) is 23.7. The molecule has 1 spiro atoms. The summed E-state index contributed by atoms with van der Waals surface area (Å²) in [5.41, 5.74) is 4.30. The van der Waals surface area contributed by atoms with Gasteiger partial charge in [-0.25, -0.2) is 4.98 Å². The summed E-state index contributed by atoms with van der Waals surface area (Å²) in [5, 5.41) is 1.38. The Labute approximate surface area is 137 Å². The maximum atomic E-state index is 4.75. The minimum atomic E-state index is 0.0980. The van der Waals surface area contributed by atoms with Crippen LogP contribution in [-0.4, -0.2) is 14.5 Å². The number of H-pyrrole nitrogens is 1. The average molecular weight is 356 g/mol. The topological polar surface area (TPSA) is 33.6 Å². The maximum absolute atomic E-state index is 4.75. The Kier molecular flexibility index (Phi) is 2.63. The third-order valence-electron chi connectivity index (χ3n) is 5.52. The molecule has 2 aliphatic rings. The summed E-state index contributed by atoms with van der Waals surface area (Å²) in [7, 11) is 0. The molecule has 5 rings (SSSR count). The Morgan fingerprint density at radius 3 is 3.09 bits per heavy atom. The molecule has 112 valence electrons. The molecular weight excluding hydrogens is 338 g/mol. The molecule has 4 heteroatoms. The van der Waals surface area contributed by atoms with Crippen LogP contribution in [-0.2, 0) is 18.4 Å². The number of imidazole rings is 1. The molecule has 0 saturated heterocycles. The molecule has 3 aromatic rings. The molecule has 0 bridgehead atoms. The molecule has 0 fully saturated rings. The molecule has 1 unspecified atom stereocenters. The highest BCUT2D eigenvalue weighted by atomic mass is 79.9. The van der Waals surface area contributed by atoms with Crippen LogP contribution in [0.1, 0.15) is 42.8 Å². The van der Waals surface area contributed by atoms with E-state index in [1.807, 2.05) is 6.20 Å². The number of hydrogen-bond acceptors (Lipinski definition) is 1. The van der Waals surface area contributed by atoms with Gasteiger partial charge in [-0.05, 0) is 55.9 Å². The van der Waals surface area contributed by atoms with Gasteiger partial charge in [0.25, 0.3) is 0 Å². The van der Waals surface area contributed by atoms with Crippen LogP contribution in [0.15, 0.2) is 35.1 Å². The molecule has 22 heavy (non-hydrogen) atoms. The molecule has 0 radical (unpaired) electrons. The van der Waals surface area contributed by atoms with E-state index in [1.165, 1.54) is 60.1 Å². The van der Waals surface area contributed by atoms with E-state index in [4.69, 9.17) is 4.98 Å². The second-order valence-electron chi connectivity index (χ2n) is 6.65. The summed E-state index contributed by atoms with van der Waals surface area (Å²) < 4.78 is 3.52. The van der Waals surface area contributed by atoms with Gasteiger partial charge < -0.3 is 9.55 Å². The fourth-order valence-electron chi connectivity index (χ4n) is 4.62. The fraction of sp³-hybridized carbons (Fsp3) is 0.389. The minimum absolute atomic E-state index is 0.0980. The zero-order chi connectivity index (χ0) is 14.7. The largest absolute Gasteiger partial charge is 0.357 e. The van der Waals surface area contributed by atoms with Crippen LogP contribution in [0.2, 0.25) is 0 Å². The standard InChI is InChI=1S/C18H18BrN3/c19-12-4-5-15-14(11-12)13-3-1-6-18(16(13)21-15)7-2-9-22-10-8-20-17(18)22/h4-5,8,10-11,21H,1-3,6-7,9H2. The lowest BCUT2D eigenvalue weighted by Crippen LogP contribution is -2.38. The number of fused-ring (bicyclic) bond motifs is 6. The van der Waals surface area contributed by atoms with Gasteiger partial charge in [0.2, 0.25) is 0 Å². The highest BCUT2D eigenvalue weighted by Gasteiger charge is 2.44. The zero-order valence-corrected chi connectivity index (χ0v) is 14.0. The van der Waals surface area contributed by atoms with E-state index < -0.39 is 0 Å². The Bertz CT molecular complexity index is 872. The van der Waals surface area contributed by atoms with Crippen LogP contribution in [0, 0.1) is 0 Å². The van der Waals surface area contributed by atoms with Crippen LogP contribution in [0.4, 0.5) is 0 Å². The van der Waals surface area contributed by atoms with Crippen molar-refractivity contribution in [2.75, 3.05) is 0 Å². The van der Waals surface area contributed by atoms with E-state index >= 15 is 0 Å². The molecule has 0 amide bonds. The summed E-state index contributed by atoms with van der Waals surface area (Å²) in [6.45, 7) is 1.11. The second-order valence-corrected chi connectivity index (χ2v) is 7.57. The van der Waals surface area contributed by atoms with E-state index in [9.17, 15) is 0 Å². The van der Waals surface area contributed by atoms with Crippen molar-refractivity contribution in [1.29, 1.82) is 0 Å². The van der Waals surface area contributed by atoms with Crippen molar-refractivity contribution >= 4 is 26.8 Å². The van der Waals surface area contributed by atoms with Gasteiger partial charge in [-0.3, -0.25) is 0 Å². The Balaban J connectivity index is 1.82. The van der Waals surface area contributed by atoms with E-state index in [0.29, 0.717) is 0 Å². The number of aryl methyl sites for hydroxylation is 2. The summed E-state index contributed by atoms with van der Waals surface area (Å²) >= 11 is 3.62. The number of nitrogens with one attached hydrogen (secondary N) is 1. The molecule has 1 aliphatic heterocycles. The first-order chi connectivity index (χ1) is 10.8. The molecular formula is C18H18BrN3. The van der Waals surface area contributed by atoms with Crippen molar-refractivity contribution in [3.05, 3.63) is 52.1 Å². The molecule has 1 aromatic carbocycles. The van der Waals surface area contributed by atoms with Crippen LogP contribution >= 0.6 is 15.9 Å². The SMILES string of the molecule is Brc1ccc2[nH]c3c(c2c1)CCCC31CCCn2ccnc21. The minimum Gasteiger partial charge on any atom is -0.357 e. The van der Waals surface area contributed by atoms with Crippen LogP contribution in [0.3, 0.4) is 0 Å². The van der Waals surface area contributed by atoms with E-state index in [-0.39, 0.29) is 5.41 Å². The number of halogens is 1. The lowest BCUT2D eigenvalue weighted by molar-refractivity contribution is 0.305. The van der Waals surface area contributed by atoms with Crippen LogP contribution in [0.25, 0.3) is 10.9 Å². The van der Waals surface area contributed by atoms with Crippen LogP contribution in [0.5, 0.6) is 0 Å². The monoisotopic (exact) mass is 355 g/mol. The Hall–Kier alpha value is -1.55. The van der Waals surface area contributed by atoms with Gasteiger partial charge in [-0.15, -0.1) is 0 Å². The van der Waals surface area contributed by atoms with E-state index in [0.717, 1.165) is 11.0 Å². The van der Waals surface area contributed by atoms with Crippen LogP contribution < -0.4 is 0 Å². The van der Waals surface area contributed by atoms with E-state index in [2.05, 4.69) is 49.9 Å². The Morgan fingerprint density at radius 2 is 2.14 bits per heavy atom. The highest BCUT2D eigenvalue weighted by molar-refractivity contribution is 9.10. The summed E-state index contributed by atoms with van der Waals surface area (Å²) in [4.78, 5) is 8.51. The third kappa shape index (κ3) is 1.59. The number of nitrogens with zero attached hydrogens (tertiary/aromatic N) is 2. The molecule has 3 nitrogen and oxygen atoms in total. The molecule has 1 aliphatic carbocycles. The van der Waals surface area contributed by atoms with Gasteiger partial charge in [0.05, 0.1) is 5.41 Å². The maximum Gasteiger partial charge on any atom is 0.120 e. The molecule has 1 N–H and O–H groups in total. The number of aromatic nitrogens is 3. The number of rotatable bonds is 0. The van der Waals surface area contributed by atoms with Gasteiger partial charge in [0.15, 0.2) is 0 Å². The summed E-state index contributed by atoms with van der Waals surface area (Å²) in [6, 6.07) is 6.58. The van der Waals surface area contributed by atoms with E-state index in [1.54, 1.807) is 0 Å². The quantitative estimate of drug-likeness (QED) is 0.630. The van der Waals surface area contributed by atoms with Gasteiger partial charge in [0, 0.05) is 40.0 Å². The third-order valence-corrected chi connectivity index (χ3v) is 6.02. The van der Waals surface area contributed by atoms with Crippen molar-refractivity contribution in [3.8, 4) is 0 Å². The molecule has 3 heterocycles. The van der Waals surface area contributed by atoms with Crippen molar-refractivity contribution in [3.63, 3.8) is 0 Å². The smallest absolute Gasteiger partial charge is 0.120 e. The molecule has 1 atom stereocenters. The first kappa shape index (κ1) is 12.9. The molecule has 0 saturated carbocycles. The Morgan fingerprint density at radius 1 is 1.23 bits per heavy atom. The van der Waals surface area contributed by atoms with Crippen molar-refractivity contribution in [2.45, 2.75) is 44.1 Å². The van der Waals surface area contributed by atoms with Crippen molar-refractivity contribution in [1.82, 2.24) is 14.5 Å². The fourth-order valence-corrected chi connectivity index (χ4v) is 4.99. The van der Waals surface area contributed by atoms with Crippen molar-refractivity contribution < 1.29 is 0 Å². The van der Waals surface area contributed by atoms with Gasteiger partial charge in [0.1, 0.15) is 5.82 Å². The summed E-state index contributed by atoms with van der Waals surface area (Å²) in [6.07, 6.45) is 10.2. The first-order valence-electron chi connectivity index (χ1n) is 8.10. The van der Waals surface area contributed by atoms with Gasteiger partial charge >= 0.3 is 0 Å². The number of hydrogen-bond donors (Lipinski definition) is 1. The molecule has 2 aromatic heterocycles.